The average molecular weight is 282 g/mol. The summed E-state index contributed by atoms with van der Waals surface area (Å²) in [5.74, 6) is 1.08. The van der Waals surface area contributed by atoms with Gasteiger partial charge in [-0.05, 0) is 30.2 Å². The van der Waals surface area contributed by atoms with Gasteiger partial charge in [0.2, 0.25) is 5.88 Å². The summed E-state index contributed by atoms with van der Waals surface area (Å²) in [6.07, 6.45) is 0. The lowest BCUT2D eigenvalue weighted by atomic mass is 10.2. The van der Waals surface area contributed by atoms with Gasteiger partial charge in [-0.2, -0.15) is 0 Å². The number of hydrogen-bond donors (Lipinski definition) is 0. The zero-order chi connectivity index (χ0) is 13.0. The SMILES string of the molecule is Cc1nc(OCc2ccc(Cl)cc2)ccc1CCl. The number of aryl methyl sites for hydroxylation is 1. The number of ether oxygens (including phenoxy) is 1. The van der Waals surface area contributed by atoms with Crippen LogP contribution in [-0.2, 0) is 12.5 Å². The van der Waals surface area contributed by atoms with E-state index < -0.39 is 0 Å². The molecule has 0 saturated heterocycles. The number of halogens is 2. The van der Waals surface area contributed by atoms with Gasteiger partial charge in [-0.15, -0.1) is 11.6 Å². The first-order valence-electron chi connectivity index (χ1n) is 5.59. The molecule has 0 aliphatic rings. The van der Waals surface area contributed by atoms with Crippen molar-refractivity contribution in [2.75, 3.05) is 0 Å². The van der Waals surface area contributed by atoms with Crippen LogP contribution >= 0.6 is 23.2 Å². The molecular weight excluding hydrogens is 269 g/mol. The minimum Gasteiger partial charge on any atom is -0.473 e. The summed E-state index contributed by atoms with van der Waals surface area (Å²) in [7, 11) is 0. The molecule has 18 heavy (non-hydrogen) atoms. The van der Waals surface area contributed by atoms with Crippen molar-refractivity contribution in [1.82, 2.24) is 4.98 Å². The van der Waals surface area contributed by atoms with Crippen molar-refractivity contribution in [2.24, 2.45) is 0 Å². The molecule has 0 aliphatic heterocycles. The van der Waals surface area contributed by atoms with Crippen LogP contribution in [0.1, 0.15) is 16.8 Å². The van der Waals surface area contributed by atoms with Crippen molar-refractivity contribution in [3.8, 4) is 5.88 Å². The molecule has 0 bridgehead atoms. The summed E-state index contributed by atoms with van der Waals surface area (Å²) in [6.45, 7) is 2.40. The van der Waals surface area contributed by atoms with Crippen LogP contribution in [0.25, 0.3) is 0 Å². The van der Waals surface area contributed by atoms with Gasteiger partial charge in [0.05, 0.1) is 0 Å². The second kappa shape index (κ2) is 6.07. The van der Waals surface area contributed by atoms with Crippen molar-refractivity contribution in [1.29, 1.82) is 0 Å². The minimum atomic E-state index is 0.469. The molecule has 4 heteroatoms. The van der Waals surface area contributed by atoms with Gasteiger partial charge in [0.1, 0.15) is 6.61 Å². The van der Waals surface area contributed by atoms with Crippen LogP contribution < -0.4 is 4.74 Å². The first-order valence-corrected chi connectivity index (χ1v) is 6.50. The second-order valence-electron chi connectivity index (χ2n) is 3.94. The molecule has 1 heterocycles. The fourth-order valence-electron chi connectivity index (χ4n) is 1.53. The van der Waals surface area contributed by atoms with Crippen LogP contribution in [0.4, 0.5) is 0 Å². The molecule has 2 aromatic rings. The molecule has 1 aromatic heterocycles. The van der Waals surface area contributed by atoms with E-state index in [0.29, 0.717) is 18.4 Å². The third-order valence-corrected chi connectivity index (χ3v) is 3.15. The van der Waals surface area contributed by atoms with E-state index in [0.717, 1.165) is 21.8 Å². The quantitative estimate of drug-likeness (QED) is 0.777. The minimum absolute atomic E-state index is 0.469. The molecule has 0 spiro atoms. The van der Waals surface area contributed by atoms with Crippen LogP contribution in [-0.4, -0.2) is 4.98 Å². The van der Waals surface area contributed by atoms with E-state index in [4.69, 9.17) is 27.9 Å². The molecule has 1 aromatic carbocycles. The monoisotopic (exact) mass is 281 g/mol. The van der Waals surface area contributed by atoms with Crippen LogP contribution in [0, 0.1) is 6.92 Å². The Labute approximate surface area is 117 Å². The number of rotatable bonds is 4. The highest BCUT2D eigenvalue weighted by Crippen LogP contribution is 2.16. The second-order valence-corrected chi connectivity index (χ2v) is 4.65. The summed E-state index contributed by atoms with van der Waals surface area (Å²) >= 11 is 11.6. The molecule has 0 saturated carbocycles. The van der Waals surface area contributed by atoms with E-state index in [-0.39, 0.29) is 0 Å². The Balaban J connectivity index is 2.02. The van der Waals surface area contributed by atoms with Gasteiger partial charge < -0.3 is 4.74 Å². The molecule has 0 aliphatic carbocycles. The number of aromatic nitrogens is 1. The zero-order valence-corrected chi connectivity index (χ0v) is 11.5. The summed E-state index contributed by atoms with van der Waals surface area (Å²) in [5, 5.41) is 0.721. The number of benzene rings is 1. The molecule has 94 valence electrons. The lowest BCUT2D eigenvalue weighted by Gasteiger charge is -2.08. The maximum Gasteiger partial charge on any atom is 0.213 e. The third kappa shape index (κ3) is 3.37. The topological polar surface area (TPSA) is 22.1 Å². The Bertz CT molecular complexity index is 526. The number of pyridine rings is 1. The molecule has 0 radical (unpaired) electrons. The van der Waals surface area contributed by atoms with Gasteiger partial charge in [-0.25, -0.2) is 4.98 Å². The number of alkyl halides is 1. The molecule has 0 atom stereocenters. The third-order valence-electron chi connectivity index (χ3n) is 2.61. The highest BCUT2D eigenvalue weighted by atomic mass is 35.5. The fourth-order valence-corrected chi connectivity index (χ4v) is 1.93. The summed E-state index contributed by atoms with van der Waals surface area (Å²) in [5.41, 5.74) is 2.98. The van der Waals surface area contributed by atoms with Gasteiger partial charge in [0.15, 0.2) is 0 Å². The van der Waals surface area contributed by atoms with Crippen LogP contribution in [0.2, 0.25) is 5.02 Å². The van der Waals surface area contributed by atoms with E-state index in [1.165, 1.54) is 0 Å². The highest BCUT2D eigenvalue weighted by Gasteiger charge is 2.02. The lowest BCUT2D eigenvalue weighted by molar-refractivity contribution is 0.293. The van der Waals surface area contributed by atoms with E-state index in [1.807, 2.05) is 43.3 Å². The molecular formula is C14H13Cl2NO. The fraction of sp³-hybridized carbons (Fsp3) is 0.214. The predicted octanol–water partition coefficient (Wildman–Crippen LogP) is 4.36. The van der Waals surface area contributed by atoms with Gasteiger partial charge in [0, 0.05) is 22.7 Å². The molecule has 2 nitrogen and oxygen atoms in total. The Morgan fingerprint density at radius 1 is 1.11 bits per heavy atom. The number of nitrogens with zero attached hydrogens (tertiary/aromatic N) is 1. The Hall–Kier alpha value is -1.25. The number of hydrogen-bond acceptors (Lipinski definition) is 2. The van der Waals surface area contributed by atoms with Crippen LogP contribution in [0.3, 0.4) is 0 Å². The largest absolute Gasteiger partial charge is 0.473 e. The van der Waals surface area contributed by atoms with E-state index in [2.05, 4.69) is 4.98 Å². The van der Waals surface area contributed by atoms with Crippen molar-refractivity contribution < 1.29 is 4.74 Å². The molecule has 0 amide bonds. The summed E-state index contributed by atoms with van der Waals surface area (Å²) < 4.78 is 5.61. The average Bonchev–Trinajstić information content (AvgIpc) is 2.38. The van der Waals surface area contributed by atoms with Gasteiger partial charge >= 0.3 is 0 Å². The Morgan fingerprint density at radius 3 is 2.44 bits per heavy atom. The van der Waals surface area contributed by atoms with E-state index in [9.17, 15) is 0 Å². The molecule has 0 N–H and O–H groups in total. The van der Waals surface area contributed by atoms with Crippen LogP contribution in [0.5, 0.6) is 5.88 Å². The summed E-state index contributed by atoms with van der Waals surface area (Å²) in [6, 6.07) is 11.3. The van der Waals surface area contributed by atoms with E-state index >= 15 is 0 Å². The van der Waals surface area contributed by atoms with Gasteiger partial charge in [0.25, 0.3) is 0 Å². The smallest absolute Gasteiger partial charge is 0.213 e. The standard InChI is InChI=1S/C14H13Cl2NO/c1-10-12(8-15)4-7-14(17-10)18-9-11-2-5-13(16)6-3-11/h2-7H,8-9H2,1H3. The van der Waals surface area contributed by atoms with Gasteiger partial charge in [-0.1, -0.05) is 29.8 Å². The Kier molecular flexibility index (Phi) is 4.45. The summed E-state index contributed by atoms with van der Waals surface area (Å²) in [4.78, 5) is 4.34. The van der Waals surface area contributed by atoms with Crippen molar-refractivity contribution in [3.05, 3.63) is 58.2 Å². The van der Waals surface area contributed by atoms with Crippen molar-refractivity contribution >= 4 is 23.2 Å². The maximum atomic E-state index is 5.82. The van der Waals surface area contributed by atoms with E-state index in [1.54, 1.807) is 0 Å². The zero-order valence-electron chi connectivity index (χ0n) is 9.99. The van der Waals surface area contributed by atoms with Crippen molar-refractivity contribution in [2.45, 2.75) is 19.4 Å². The molecule has 0 unspecified atom stereocenters. The first-order chi connectivity index (χ1) is 8.69. The predicted molar refractivity (Wildman–Crippen MR) is 74.3 cm³/mol. The Morgan fingerprint density at radius 2 is 1.83 bits per heavy atom. The van der Waals surface area contributed by atoms with Crippen LogP contribution in [0.15, 0.2) is 36.4 Å². The maximum absolute atomic E-state index is 5.82. The van der Waals surface area contributed by atoms with Crippen molar-refractivity contribution in [3.63, 3.8) is 0 Å². The molecule has 0 fully saturated rings. The highest BCUT2D eigenvalue weighted by molar-refractivity contribution is 6.30. The van der Waals surface area contributed by atoms with Gasteiger partial charge in [-0.3, -0.25) is 0 Å². The first kappa shape index (κ1) is 13.2. The lowest BCUT2D eigenvalue weighted by Crippen LogP contribution is -1.99. The molecule has 2 rings (SSSR count). The normalized spacial score (nSPS) is 10.4.